The van der Waals surface area contributed by atoms with Gasteiger partial charge in [-0.3, -0.25) is 4.79 Å². The monoisotopic (exact) mass is 276 g/mol. The van der Waals surface area contributed by atoms with Crippen LogP contribution in [-0.2, 0) is 14.3 Å². The lowest BCUT2D eigenvalue weighted by Crippen LogP contribution is -2.63. The van der Waals surface area contributed by atoms with E-state index in [9.17, 15) is 14.7 Å². The zero-order chi connectivity index (χ0) is 14.7. The third-order valence-electron chi connectivity index (χ3n) is 3.02. The fraction of sp³-hybridized carbons (Fsp3) is 0.286. The number of nitrogens with two attached hydrogens (primary N) is 1. The van der Waals surface area contributed by atoms with Crippen LogP contribution in [0.1, 0.15) is 12.5 Å². The van der Waals surface area contributed by atoms with Crippen molar-refractivity contribution in [1.82, 2.24) is 5.32 Å². The largest absolute Gasteiger partial charge is 0.438 e. The summed E-state index contributed by atoms with van der Waals surface area (Å²) in [5.41, 5.74) is 7.00. The van der Waals surface area contributed by atoms with Crippen molar-refractivity contribution in [3.8, 4) is 0 Å². The lowest BCUT2D eigenvalue weighted by atomic mass is 9.93. The fourth-order valence-electron chi connectivity index (χ4n) is 1.88. The number of ether oxygens (including phenoxy) is 1. The number of aliphatic hydroxyl groups is 1. The first-order valence-electron chi connectivity index (χ1n) is 6.20. The molecule has 1 aliphatic heterocycles. The smallest absolute Gasteiger partial charge is 0.332 e. The average Bonchev–Trinajstić information content (AvgIpc) is 2.36. The number of β-lactam (4-membered cyclic amide) rings is 1. The molecule has 3 unspecified atom stereocenters. The van der Waals surface area contributed by atoms with Gasteiger partial charge in [0.25, 0.3) is 0 Å². The van der Waals surface area contributed by atoms with E-state index >= 15 is 0 Å². The van der Waals surface area contributed by atoms with Crippen molar-refractivity contribution in [2.75, 3.05) is 5.73 Å². The summed E-state index contributed by atoms with van der Waals surface area (Å²) in [7, 11) is 0. The SMILES string of the molecule is CC(O)C1C(=O)NC1OC(=O)/C=C/c1ccc(N)cc1. The average molecular weight is 276 g/mol. The molecule has 3 atom stereocenters. The molecule has 1 saturated heterocycles. The van der Waals surface area contributed by atoms with E-state index in [0.717, 1.165) is 5.56 Å². The van der Waals surface area contributed by atoms with Crippen molar-refractivity contribution in [3.63, 3.8) is 0 Å². The molecule has 1 aliphatic rings. The van der Waals surface area contributed by atoms with Crippen LogP contribution in [0.5, 0.6) is 0 Å². The summed E-state index contributed by atoms with van der Waals surface area (Å²) >= 11 is 0. The molecule has 0 aromatic heterocycles. The normalized spacial score (nSPS) is 23.0. The molecule has 0 spiro atoms. The van der Waals surface area contributed by atoms with Crippen LogP contribution in [0.4, 0.5) is 5.69 Å². The number of esters is 1. The third kappa shape index (κ3) is 3.16. The number of benzene rings is 1. The molecule has 0 bridgehead atoms. The summed E-state index contributed by atoms with van der Waals surface area (Å²) in [5, 5.41) is 11.8. The van der Waals surface area contributed by atoms with Crippen LogP contribution in [-0.4, -0.2) is 29.3 Å². The van der Waals surface area contributed by atoms with Gasteiger partial charge in [-0.2, -0.15) is 0 Å². The van der Waals surface area contributed by atoms with Crippen LogP contribution in [0.3, 0.4) is 0 Å². The molecule has 20 heavy (non-hydrogen) atoms. The van der Waals surface area contributed by atoms with Gasteiger partial charge in [-0.1, -0.05) is 12.1 Å². The number of nitrogen functional groups attached to an aromatic ring is 1. The molecule has 1 aromatic rings. The first-order valence-corrected chi connectivity index (χ1v) is 6.20. The Morgan fingerprint density at radius 1 is 1.45 bits per heavy atom. The van der Waals surface area contributed by atoms with Gasteiger partial charge in [-0.05, 0) is 30.7 Å². The summed E-state index contributed by atoms with van der Waals surface area (Å²) in [5.74, 6) is -1.61. The van der Waals surface area contributed by atoms with E-state index in [0.29, 0.717) is 5.69 Å². The predicted octanol–water partition coefficient (Wildman–Crippen LogP) is 0.278. The highest BCUT2D eigenvalue weighted by molar-refractivity contribution is 5.90. The Balaban J connectivity index is 1.90. The number of anilines is 1. The minimum atomic E-state index is -0.859. The van der Waals surface area contributed by atoms with Crippen molar-refractivity contribution in [3.05, 3.63) is 35.9 Å². The van der Waals surface area contributed by atoms with E-state index < -0.39 is 24.2 Å². The van der Waals surface area contributed by atoms with Gasteiger partial charge in [0.05, 0.1) is 6.10 Å². The Labute approximate surface area is 116 Å². The van der Waals surface area contributed by atoms with Gasteiger partial charge in [0.1, 0.15) is 5.92 Å². The third-order valence-corrected chi connectivity index (χ3v) is 3.02. The topological polar surface area (TPSA) is 102 Å². The number of carbonyl (C=O) groups is 2. The Morgan fingerprint density at radius 2 is 2.10 bits per heavy atom. The van der Waals surface area contributed by atoms with Crippen molar-refractivity contribution in [1.29, 1.82) is 0 Å². The van der Waals surface area contributed by atoms with Gasteiger partial charge in [0.2, 0.25) is 5.91 Å². The number of carbonyl (C=O) groups excluding carboxylic acids is 2. The van der Waals surface area contributed by atoms with Crippen molar-refractivity contribution in [2.24, 2.45) is 5.92 Å². The van der Waals surface area contributed by atoms with Crippen LogP contribution in [0.2, 0.25) is 0 Å². The van der Waals surface area contributed by atoms with Crippen LogP contribution in [0.25, 0.3) is 6.08 Å². The molecule has 1 heterocycles. The first-order chi connectivity index (χ1) is 9.47. The second kappa shape index (κ2) is 5.75. The van der Waals surface area contributed by atoms with E-state index in [1.54, 1.807) is 30.3 Å². The molecule has 0 aliphatic carbocycles. The number of rotatable bonds is 4. The molecule has 6 heteroatoms. The summed E-state index contributed by atoms with van der Waals surface area (Å²) < 4.78 is 5.03. The summed E-state index contributed by atoms with van der Waals surface area (Å²) in [6.07, 6.45) is 1.21. The van der Waals surface area contributed by atoms with E-state index in [1.165, 1.54) is 13.0 Å². The van der Waals surface area contributed by atoms with Gasteiger partial charge < -0.3 is 20.9 Å². The van der Waals surface area contributed by atoms with Crippen LogP contribution in [0.15, 0.2) is 30.3 Å². The van der Waals surface area contributed by atoms with Gasteiger partial charge in [0, 0.05) is 11.8 Å². The predicted molar refractivity (Wildman–Crippen MR) is 73.1 cm³/mol. The Morgan fingerprint density at radius 3 is 2.65 bits per heavy atom. The first kappa shape index (κ1) is 14.1. The zero-order valence-electron chi connectivity index (χ0n) is 10.9. The van der Waals surface area contributed by atoms with Gasteiger partial charge in [-0.15, -0.1) is 0 Å². The van der Waals surface area contributed by atoms with Gasteiger partial charge >= 0.3 is 5.97 Å². The van der Waals surface area contributed by atoms with E-state index in [1.807, 2.05) is 0 Å². The molecule has 0 saturated carbocycles. The van der Waals surface area contributed by atoms with Crippen molar-refractivity contribution in [2.45, 2.75) is 19.3 Å². The molecular weight excluding hydrogens is 260 g/mol. The van der Waals surface area contributed by atoms with E-state index in [2.05, 4.69) is 5.32 Å². The summed E-state index contributed by atoms with van der Waals surface area (Å²) in [6.45, 7) is 1.48. The highest BCUT2D eigenvalue weighted by Crippen LogP contribution is 2.20. The zero-order valence-corrected chi connectivity index (χ0v) is 10.9. The van der Waals surface area contributed by atoms with Crippen LogP contribution >= 0.6 is 0 Å². The summed E-state index contributed by atoms with van der Waals surface area (Å²) in [4.78, 5) is 22.8. The molecule has 4 N–H and O–H groups in total. The van der Waals surface area contributed by atoms with Crippen LogP contribution < -0.4 is 11.1 Å². The fourth-order valence-corrected chi connectivity index (χ4v) is 1.88. The molecular formula is C14H16N2O4. The summed E-state index contributed by atoms with van der Waals surface area (Å²) in [6, 6.07) is 6.98. The number of amides is 1. The number of hydrogen-bond donors (Lipinski definition) is 3. The highest BCUT2D eigenvalue weighted by atomic mass is 16.6. The number of nitrogens with one attached hydrogen (secondary N) is 1. The molecule has 0 radical (unpaired) electrons. The highest BCUT2D eigenvalue weighted by Gasteiger charge is 2.44. The maximum absolute atomic E-state index is 11.6. The van der Waals surface area contributed by atoms with Crippen LogP contribution in [0, 0.1) is 5.92 Å². The standard InChI is InChI=1S/C14H16N2O4/c1-8(17)12-13(19)16-14(12)20-11(18)7-4-9-2-5-10(15)6-3-9/h2-8,12,14,17H,15H2,1H3,(H,16,19)/b7-4+. The van der Waals surface area contributed by atoms with Crippen molar-refractivity contribution >= 4 is 23.6 Å². The molecule has 2 rings (SSSR count). The Bertz CT molecular complexity index is 537. The minimum Gasteiger partial charge on any atom is -0.438 e. The minimum absolute atomic E-state index is 0.319. The second-order valence-electron chi connectivity index (χ2n) is 4.63. The van der Waals surface area contributed by atoms with E-state index in [-0.39, 0.29) is 5.91 Å². The van der Waals surface area contributed by atoms with Gasteiger partial charge in [0.15, 0.2) is 6.23 Å². The second-order valence-corrected chi connectivity index (χ2v) is 4.63. The number of hydrogen-bond acceptors (Lipinski definition) is 5. The van der Waals surface area contributed by atoms with Gasteiger partial charge in [-0.25, -0.2) is 4.79 Å². The number of aliphatic hydroxyl groups excluding tert-OH is 1. The quantitative estimate of drug-likeness (QED) is 0.317. The molecule has 1 fully saturated rings. The van der Waals surface area contributed by atoms with Crippen molar-refractivity contribution < 1.29 is 19.4 Å². The molecule has 6 nitrogen and oxygen atoms in total. The Hall–Kier alpha value is -2.34. The van der Waals surface area contributed by atoms with E-state index in [4.69, 9.17) is 10.5 Å². The lowest BCUT2D eigenvalue weighted by molar-refractivity contribution is -0.171. The molecule has 1 aromatic carbocycles. The Kier molecular flexibility index (Phi) is 4.05. The molecule has 106 valence electrons. The maximum atomic E-state index is 11.6. The molecule has 1 amide bonds. The maximum Gasteiger partial charge on any atom is 0.332 e. The lowest BCUT2D eigenvalue weighted by Gasteiger charge is -2.36.